The lowest BCUT2D eigenvalue weighted by atomic mass is 10.1. The first kappa shape index (κ1) is 20.1. The number of ether oxygens (including phenoxy) is 1. The predicted molar refractivity (Wildman–Crippen MR) is 111 cm³/mol. The number of hydrogen-bond donors (Lipinski definition) is 1. The van der Waals surface area contributed by atoms with Gasteiger partial charge in [-0.25, -0.2) is 0 Å². The summed E-state index contributed by atoms with van der Waals surface area (Å²) in [5.74, 6) is 0.287. The summed E-state index contributed by atoms with van der Waals surface area (Å²) in [6, 6.07) is 18.7. The average Bonchev–Trinajstić information content (AvgIpc) is 2.78. The maximum atomic E-state index is 12.7. The number of amides is 2. The molecule has 1 aromatic heterocycles. The first-order valence-corrected chi connectivity index (χ1v) is 9.22. The normalized spacial score (nSPS) is 10.3. The van der Waals surface area contributed by atoms with Crippen molar-refractivity contribution in [3.63, 3.8) is 0 Å². The topological polar surface area (TPSA) is 71.5 Å². The van der Waals surface area contributed by atoms with Crippen molar-refractivity contribution in [2.24, 2.45) is 0 Å². The van der Waals surface area contributed by atoms with Crippen LogP contribution in [-0.4, -0.2) is 35.9 Å². The second-order valence-electron chi connectivity index (χ2n) is 6.64. The predicted octanol–water partition coefficient (Wildman–Crippen LogP) is 3.29. The van der Waals surface area contributed by atoms with Gasteiger partial charge in [0.25, 0.3) is 11.8 Å². The number of aromatic nitrogens is 1. The van der Waals surface area contributed by atoms with Crippen LogP contribution in [0.4, 0.5) is 0 Å². The van der Waals surface area contributed by atoms with Crippen LogP contribution in [0.1, 0.15) is 31.8 Å². The van der Waals surface area contributed by atoms with Crippen LogP contribution in [0.25, 0.3) is 0 Å². The van der Waals surface area contributed by atoms with Crippen LogP contribution in [0.3, 0.4) is 0 Å². The minimum absolute atomic E-state index is 0.189. The molecule has 0 saturated heterocycles. The van der Waals surface area contributed by atoms with Crippen LogP contribution in [0.15, 0.2) is 73.1 Å². The van der Waals surface area contributed by atoms with Crippen LogP contribution >= 0.6 is 0 Å². The Balaban J connectivity index is 1.62. The zero-order valence-electron chi connectivity index (χ0n) is 16.5. The molecule has 0 spiro atoms. The van der Waals surface area contributed by atoms with E-state index in [0.29, 0.717) is 24.2 Å². The molecule has 1 heterocycles. The van der Waals surface area contributed by atoms with E-state index in [0.717, 1.165) is 16.9 Å². The van der Waals surface area contributed by atoms with Crippen molar-refractivity contribution in [2.75, 3.05) is 14.2 Å². The Morgan fingerprint density at radius 3 is 2.34 bits per heavy atom. The van der Waals surface area contributed by atoms with E-state index in [9.17, 15) is 9.59 Å². The van der Waals surface area contributed by atoms with Crippen molar-refractivity contribution in [1.82, 2.24) is 15.2 Å². The van der Waals surface area contributed by atoms with Gasteiger partial charge >= 0.3 is 0 Å². The van der Waals surface area contributed by atoms with Gasteiger partial charge in [-0.05, 0) is 29.3 Å². The van der Waals surface area contributed by atoms with Crippen LogP contribution in [0.2, 0.25) is 0 Å². The number of pyridine rings is 1. The molecule has 0 atom stereocenters. The van der Waals surface area contributed by atoms with E-state index < -0.39 is 0 Å². The lowest BCUT2D eigenvalue weighted by Gasteiger charge is -2.17. The van der Waals surface area contributed by atoms with Crippen molar-refractivity contribution in [2.45, 2.75) is 13.1 Å². The summed E-state index contributed by atoms with van der Waals surface area (Å²) in [5.41, 5.74) is 2.70. The summed E-state index contributed by atoms with van der Waals surface area (Å²) >= 11 is 0. The number of nitrogens with zero attached hydrogens (tertiary/aromatic N) is 2. The van der Waals surface area contributed by atoms with Gasteiger partial charge in [-0.1, -0.05) is 42.5 Å². The quantitative estimate of drug-likeness (QED) is 0.673. The van der Waals surface area contributed by atoms with Crippen LogP contribution < -0.4 is 10.1 Å². The van der Waals surface area contributed by atoms with Gasteiger partial charge in [0.1, 0.15) is 5.75 Å². The van der Waals surface area contributed by atoms with Crippen molar-refractivity contribution >= 4 is 11.8 Å². The number of methoxy groups -OCH3 is 1. The van der Waals surface area contributed by atoms with Gasteiger partial charge in [-0.3, -0.25) is 14.6 Å². The van der Waals surface area contributed by atoms with Gasteiger partial charge < -0.3 is 15.0 Å². The Hall–Kier alpha value is -3.67. The number of rotatable bonds is 7. The second-order valence-corrected chi connectivity index (χ2v) is 6.64. The Morgan fingerprint density at radius 1 is 0.966 bits per heavy atom. The van der Waals surface area contributed by atoms with E-state index in [4.69, 9.17) is 4.74 Å². The highest BCUT2D eigenvalue weighted by Crippen LogP contribution is 2.12. The third-order valence-electron chi connectivity index (χ3n) is 4.47. The Bertz CT molecular complexity index is 972. The first-order valence-electron chi connectivity index (χ1n) is 9.22. The summed E-state index contributed by atoms with van der Waals surface area (Å²) in [7, 11) is 3.33. The minimum atomic E-state index is -0.284. The molecule has 6 heteroatoms. The van der Waals surface area contributed by atoms with Gasteiger partial charge in [-0.2, -0.15) is 0 Å². The van der Waals surface area contributed by atoms with Gasteiger partial charge in [0.2, 0.25) is 0 Å². The minimum Gasteiger partial charge on any atom is -0.497 e. The van der Waals surface area contributed by atoms with E-state index in [2.05, 4.69) is 10.3 Å². The molecule has 148 valence electrons. The zero-order chi connectivity index (χ0) is 20.6. The number of carbonyl (C=O) groups excluding carboxylic acids is 2. The highest BCUT2D eigenvalue weighted by molar-refractivity contribution is 5.99. The van der Waals surface area contributed by atoms with Crippen LogP contribution in [0, 0.1) is 0 Å². The maximum absolute atomic E-state index is 12.7. The molecule has 0 unspecified atom stereocenters. The molecule has 0 aliphatic heterocycles. The van der Waals surface area contributed by atoms with Crippen LogP contribution in [0.5, 0.6) is 5.75 Å². The van der Waals surface area contributed by atoms with Crippen molar-refractivity contribution in [3.8, 4) is 5.75 Å². The number of benzene rings is 2. The Morgan fingerprint density at radius 2 is 1.66 bits per heavy atom. The van der Waals surface area contributed by atoms with E-state index >= 15 is 0 Å². The third kappa shape index (κ3) is 5.42. The van der Waals surface area contributed by atoms with Crippen LogP contribution in [-0.2, 0) is 13.1 Å². The summed E-state index contributed by atoms with van der Waals surface area (Å²) in [5, 5.41) is 2.84. The molecule has 1 N–H and O–H groups in total. The summed E-state index contributed by atoms with van der Waals surface area (Å²) in [4.78, 5) is 30.9. The first-order chi connectivity index (χ1) is 14.1. The smallest absolute Gasteiger partial charge is 0.255 e. The Labute approximate surface area is 170 Å². The number of hydrogen-bond acceptors (Lipinski definition) is 4. The molecule has 0 aliphatic rings. The fourth-order valence-electron chi connectivity index (χ4n) is 2.86. The SMILES string of the molecule is COc1ccc(CNC(=O)c2cncc(C(=O)N(C)Cc3ccccc3)c2)cc1. The van der Waals surface area contributed by atoms with E-state index in [1.807, 2.05) is 54.6 Å². The van der Waals surface area contributed by atoms with Gasteiger partial charge in [-0.15, -0.1) is 0 Å². The zero-order valence-corrected chi connectivity index (χ0v) is 16.5. The summed E-state index contributed by atoms with van der Waals surface area (Å²) < 4.78 is 5.12. The van der Waals surface area contributed by atoms with Crippen molar-refractivity contribution < 1.29 is 14.3 Å². The van der Waals surface area contributed by atoms with E-state index in [-0.39, 0.29) is 11.8 Å². The molecule has 0 radical (unpaired) electrons. The highest BCUT2D eigenvalue weighted by atomic mass is 16.5. The maximum Gasteiger partial charge on any atom is 0.255 e. The average molecular weight is 389 g/mol. The lowest BCUT2D eigenvalue weighted by molar-refractivity contribution is 0.0784. The Kier molecular flexibility index (Phi) is 6.58. The molecule has 6 nitrogen and oxygen atoms in total. The molecule has 3 rings (SSSR count). The van der Waals surface area contributed by atoms with Gasteiger partial charge in [0.15, 0.2) is 0 Å². The third-order valence-corrected chi connectivity index (χ3v) is 4.47. The molecule has 0 fully saturated rings. The highest BCUT2D eigenvalue weighted by Gasteiger charge is 2.15. The molecule has 3 aromatic rings. The summed E-state index contributed by atoms with van der Waals surface area (Å²) in [6.07, 6.45) is 2.93. The second kappa shape index (κ2) is 9.50. The molecule has 29 heavy (non-hydrogen) atoms. The molecule has 0 bridgehead atoms. The molecule has 2 amide bonds. The van der Waals surface area contributed by atoms with Crippen molar-refractivity contribution in [1.29, 1.82) is 0 Å². The van der Waals surface area contributed by atoms with E-state index in [1.54, 1.807) is 25.1 Å². The molecular weight excluding hydrogens is 366 g/mol. The van der Waals surface area contributed by atoms with Gasteiger partial charge in [0, 0.05) is 32.5 Å². The largest absolute Gasteiger partial charge is 0.497 e. The van der Waals surface area contributed by atoms with Gasteiger partial charge in [0.05, 0.1) is 18.2 Å². The number of carbonyl (C=O) groups is 2. The lowest BCUT2D eigenvalue weighted by Crippen LogP contribution is -2.27. The molecular formula is C23H23N3O3. The number of nitrogens with one attached hydrogen (secondary N) is 1. The molecule has 0 aliphatic carbocycles. The fraction of sp³-hybridized carbons (Fsp3) is 0.174. The van der Waals surface area contributed by atoms with E-state index in [1.165, 1.54) is 12.4 Å². The molecule has 0 saturated carbocycles. The molecule has 2 aromatic carbocycles. The standard InChI is InChI=1S/C23H23N3O3/c1-26(16-18-6-4-3-5-7-18)23(28)20-12-19(14-24-15-20)22(27)25-13-17-8-10-21(29-2)11-9-17/h3-12,14-15H,13,16H2,1-2H3,(H,25,27). The fourth-order valence-corrected chi connectivity index (χ4v) is 2.86. The summed E-state index contributed by atoms with van der Waals surface area (Å²) in [6.45, 7) is 0.850. The van der Waals surface area contributed by atoms with Crippen molar-refractivity contribution in [3.05, 3.63) is 95.3 Å². The monoisotopic (exact) mass is 389 g/mol.